The first-order valence-corrected chi connectivity index (χ1v) is 7.11. The van der Waals surface area contributed by atoms with Crippen LogP contribution in [-0.4, -0.2) is 30.2 Å². The fourth-order valence-electron chi connectivity index (χ4n) is 1.90. The second-order valence-corrected chi connectivity index (χ2v) is 5.34. The van der Waals surface area contributed by atoms with Crippen molar-refractivity contribution in [2.45, 2.75) is 13.3 Å². The van der Waals surface area contributed by atoms with E-state index in [2.05, 4.69) is 29.5 Å². The molecule has 0 radical (unpaired) electrons. The van der Waals surface area contributed by atoms with Gasteiger partial charge < -0.3 is 4.52 Å². The second kappa shape index (κ2) is 5.83. The molecule has 3 aromatic heterocycles. The molecule has 11 heteroatoms. The molecule has 0 atom stereocenters. The monoisotopic (exact) mass is 340 g/mol. The van der Waals surface area contributed by atoms with Crippen molar-refractivity contribution in [1.82, 2.24) is 24.3 Å². The standard InChI is InChI=1S/C12H10F2N6O2S/c1-5-7(8(9(13)14)22-18-5)11(21)17-12-16-10(19-23-12)6-3-15-20(2)4-6/h3-4,9H,1-2H3,(H,16,17,19,21). The molecule has 0 saturated carbocycles. The van der Waals surface area contributed by atoms with Crippen LogP contribution >= 0.6 is 11.5 Å². The predicted molar refractivity (Wildman–Crippen MR) is 76.3 cm³/mol. The number of hydrogen-bond donors (Lipinski definition) is 1. The van der Waals surface area contributed by atoms with Crippen molar-refractivity contribution in [3.63, 3.8) is 0 Å². The van der Waals surface area contributed by atoms with Gasteiger partial charge in [0.2, 0.25) is 10.9 Å². The van der Waals surface area contributed by atoms with Crippen LogP contribution in [0.4, 0.5) is 13.9 Å². The average Bonchev–Trinajstić information content (AvgIpc) is 3.18. The van der Waals surface area contributed by atoms with E-state index in [9.17, 15) is 13.6 Å². The molecule has 23 heavy (non-hydrogen) atoms. The summed E-state index contributed by atoms with van der Waals surface area (Å²) in [6.45, 7) is 1.41. The van der Waals surface area contributed by atoms with Crippen molar-refractivity contribution in [1.29, 1.82) is 0 Å². The Kier molecular flexibility index (Phi) is 3.86. The molecule has 8 nitrogen and oxygen atoms in total. The first-order chi connectivity index (χ1) is 11.0. The molecule has 0 aliphatic carbocycles. The molecule has 0 saturated heterocycles. The van der Waals surface area contributed by atoms with E-state index in [4.69, 9.17) is 0 Å². The van der Waals surface area contributed by atoms with E-state index in [-0.39, 0.29) is 16.4 Å². The van der Waals surface area contributed by atoms with Gasteiger partial charge >= 0.3 is 0 Å². The number of nitrogens with one attached hydrogen (secondary N) is 1. The Morgan fingerprint density at radius 3 is 2.91 bits per heavy atom. The maximum absolute atomic E-state index is 12.8. The van der Waals surface area contributed by atoms with Crippen LogP contribution < -0.4 is 5.32 Å². The van der Waals surface area contributed by atoms with E-state index in [0.29, 0.717) is 11.4 Å². The maximum atomic E-state index is 12.8. The van der Waals surface area contributed by atoms with Crippen LogP contribution in [0.3, 0.4) is 0 Å². The van der Waals surface area contributed by atoms with E-state index in [1.165, 1.54) is 6.92 Å². The zero-order chi connectivity index (χ0) is 16.6. The van der Waals surface area contributed by atoms with Crippen molar-refractivity contribution < 1.29 is 18.1 Å². The van der Waals surface area contributed by atoms with Gasteiger partial charge in [-0.2, -0.15) is 14.5 Å². The normalized spacial score (nSPS) is 11.2. The van der Waals surface area contributed by atoms with Gasteiger partial charge in [-0.1, -0.05) is 5.16 Å². The average molecular weight is 340 g/mol. The fraction of sp³-hybridized carbons (Fsp3) is 0.250. The fourth-order valence-corrected chi connectivity index (χ4v) is 2.48. The van der Waals surface area contributed by atoms with Gasteiger partial charge in [0.25, 0.3) is 12.3 Å². The number of aryl methyl sites for hydroxylation is 2. The zero-order valence-corrected chi connectivity index (χ0v) is 12.8. The Balaban J connectivity index is 1.82. The topological polar surface area (TPSA) is 98.7 Å². The van der Waals surface area contributed by atoms with Gasteiger partial charge in [0, 0.05) is 24.8 Å². The maximum Gasteiger partial charge on any atom is 0.298 e. The lowest BCUT2D eigenvalue weighted by atomic mass is 10.2. The third-order valence-corrected chi connectivity index (χ3v) is 3.55. The molecule has 0 fully saturated rings. The number of hydrogen-bond acceptors (Lipinski definition) is 7. The molecule has 0 aliphatic heterocycles. The number of carbonyl (C=O) groups excluding carboxylic acids is 1. The number of carbonyl (C=O) groups is 1. The van der Waals surface area contributed by atoms with Gasteiger partial charge in [0.15, 0.2) is 5.82 Å². The highest BCUT2D eigenvalue weighted by Gasteiger charge is 2.27. The number of rotatable bonds is 4. The summed E-state index contributed by atoms with van der Waals surface area (Å²) in [5.41, 5.74) is 0.464. The van der Waals surface area contributed by atoms with Gasteiger partial charge in [-0.15, -0.1) is 0 Å². The van der Waals surface area contributed by atoms with Crippen LogP contribution in [0.15, 0.2) is 16.9 Å². The third-order valence-electron chi connectivity index (χ3n) is 2.92. The Bertz CT molecular complexity index is 855. The predicted octanol–water partition coefficient (Wildman–Crippen LogP) is 2.42. The lowest BCUT2D eigenvalue weighted by Gasteiger charge is -2.01. The summed E-state index contributed by atoms with van der Waals surface area (Å²) >= 11 is 0.931. The van der Waals surface area contributed by atoms with Gasteiger partial charge in [-0.3, -0.25) is 14.8 Å². The smallest absolute Gasteiger partial charge is 0.298 e. The SMILES string of the molecule is Cc1noc(C(F)F)c1C(=O)Nc1nc(-c2cnn(C)c2)ns1. The van der Waals surface area contributed by atoms with Crippen LogP contribution in [0.2, 0.25) is 0 Å². The summed E-state index contributed by atoms with van der Waals surface area (Å²) in [5, 5.41) is 9.99. The third kappa shape index (κ3) is 2.95. The molecule has 1 amide bonds. The Labute approximate surface area is 132 Å². The van der Waals surface area contributed by atoms with Crippen LogP contribution in [0.25, 0.3) is 11.4 Å². The molecule has 0 unspecified atom stereocenters. The number of anilines is 1. The van der Waals surface area contributed by atoms with Crippen molar-refractivity contribution in [2.75, 3.05) is 5.32 Å². The van der Waals surface area contributed by atoms with E-state index in [1.807, 2.05) is 0 Å². The van der Waals surface area contributed by atoms with Gasteiger partial charge in [-0.05, 0) is 6.92 Å². The Morgan fingerprint density at radius 2 is 2.26 bits per heavy atom. The Hall–Kier alpha value is -2.69. The quantitative estimate of drug-likeness (QED) is 0.783. The molecule has 3 aromatic rings. The van der Waals surface area contributed by atoms with E-state index >= 15 is 0 Å². The van der Waals surface area contributed by atoms with Crippen LogP contribution in [0.5, 0.6) is 0 Å². The van der Waals surface area contributed by atoms with Crippen LogP contribution in [0.1, 0.15) is 28.2 Å². The van der Waals surface area contributed by atoms with Crippen molar-refractivity contribution in [3.8, 4) is 11.4 Å². The summed E-state index contributed by atoms with van der Waals surface area (Å²) in [4.78, 5) is 16.3. The highest BCUT2D eigenvalue weighted by atomic mass is 32.1. The molecular formula is C12H10F2N6O2S. The van der Waals surface area contributed by atoms with Gasteiger partial charge in [0.05, 0.1) is 17.5 Å². The largest absolute Gasteiger partial charge is 0.354 e. The lowest BCUT2D eigenvalue weighted by Crippen LogP contribution is -2.14. The van der Waals surface area contributed by atoms with Crippen LogP contribution in [-0.2, 0) is 7.05 Å². The first-order valence-electron chi connectivity index (χ1n) is 6.34. The van der Waals surface area contributed by atoms with Crippen molar-refractivity contribution >= 4 is 22.6 Å². The van der Waals surface area contributed by atoms with Crippen molar-refractivity contribution in [2.24, 2.45) is 7.05 Å². The number of aromatic nitrogens is 5. The minimum absolute atomic E-state index is 0.0785. The lowest BCUT2D eigenvalue weighted by molar-refractivity contribution is 0.0966. The number of amides is 1. The van der Waals surface area contributed by atoms with Gasteiger partial charge in [0.1, 0.15) is 5.56 Å². The summed E-state index contributed by atoms with van der Waals surface area (Å²) in [5.74, 6) is -1.15. The molecular weight excluding hydrogens is 330 g/mol. The molecule has 3 rings (SSSR count). The minimum Gasteiger partial charge on any atom is -0.354 e. The highest BCUT2D eigenvalue weighted by Crippen LogP contribution is 2.27. The molecule has 1 N–H and O–H groups in total. The van der Waals surface area contributed by atoms with E-state index < -0.39 is 18.1 Å². The highest BCUT2D eigenvalue weighted by molar-refractivity contribution is 7.10. The molecule has 0 bridgehead atoms. The molecule has 0 spiro atoms. The molecule has 120 valence electrons. The van der Waals surface area contributed by atoms with E-state index in [0.717, 1.165) is 11.5 Å². The van der Waals surface area contributed by atoms with Crippen LogP contribution in [0, 0.1) is 6.92 Å². The molecule has 0 aliphatic rings. The Morgan fingerprint density at radius 1 is 1.48 bits per heavy atom. The summed E-state index contributed by atoms with van der Waals surface area (Å²) in [7, 11) is 1.75. The second-order valence-electron chi connectivity index (χ2n) is 4.59. The van der Waals surface area contributed by atoms with Crippen molar-refractivity contribution in [3.05, 3.63) is 29.4 Å². The number of nitrogens with zero attached hydrogens (tertiary/aromatic N) is 5. The number of halogens is 2. The molecule has 3 heterocycles. The summed E-state index contributed by atoms with van der Waals surface area (Å²) < 4.78 is 35.8. The zero-order valence-electron chi connectivity index (χ0n) is 11.9. The van der Waals surface area contributed by atoms with Gasteiger partial charge in [-0.25, -0.2) is 8.78 Å². The summed E-state index contributed by atoms with van der Waals surface area (Å²) in [6.07, 6.45) is 0.358. The summed E-state index contributed by atoms with van der Waals surface area (Å²) in [6, 6.07) is 0. The first kappa shape index (κ1) is 15.2. The minimum atomic E-state index is -2.93. The van der Waals surface area contributed by atoms with E-state index in [1.54, 1.807) is 24.1 Å². The molecule has 0 aromatic carbocycles. The number of alkyl halides is 2.